The molecule has 1 heterocycles. The van der Waals surface area contributed by atoms with Crippen molar-refractivity contribution in [3.05, 3.63) is 84.6 Å². The average molecular weight is 303 g/mol. The van der Waals surface area contributed by atoms with Gasteiger partial charge in [-0.1, -0.05) is 60.7 Å². The first-order valence-electron chi connectivity index (χ1n) is 7.44. The summed E-state index contributed by atoms with van der Waals surface area (Å²) in [6.45, 7) is 0. The number of H-pyrrole nitrogens is 1. The minimum atomic E-state index is -0.790. The zero-order valence-corrected chi connectivity index (χ0v) is 12.6. The fourth-order valence-corrected chi connectivity index (χ4v) is 2.60. The molecule has 3 nitrogen and oxygen atoms in total. The molecular weight excluding hydrogens is 286 g/mol. The van der Waals surface area contributed by atoms with Crippen molar-refractivity contribution in [1.82, 2.24) is 4.98 Å². The summed E-state index contributed by atoms with van der Waals surface area (Å²) in [4.78, 5) is 13.7. The molecule has 3 aromatic carbocycles. The fourth-order valence-electron chi connectivity index (χ4n) is 2.60. The van der Waals surface area contributed by atoms with Crippen molar-refractivity contribution in [1.29, 1.82) is 0 Å². The van der Waals surface area contributed by atoms with Gasteiger partial charge in [-0.25, -0.2) is 0 Å². The van der Waals surface area contributed by atoms with E-state index in [1.165, 1.54) is 10.9 Å². The molecule has 0 radical (unpaired) electrons. The summed E-state index contributed by atoms with van der Waals surface area (Å²) in [6, 6.07) is 23.8. The summed E-state index contributed by atoms with van der Waals surface area (Å²) < 4.78 is 0. The second-order valence-electron chi connectivity index (χ2n) is 5.27. The number of para-hydroxylation sites is 1. The average Bonchev–Trinajstić information content (AvgIpc) is 3.04. The molecule has 0 bridgehead atoms. The van der Waals surface area contributed by atoms with E-state index >= 15 is 0 Å². The number of hydrogen-bond acceptors (Lipinski definition) is 1. The van der Waals surface area contributed by atoms with E-state index in [2.05, 4.69) is 23.2 Å². The maximum Gasteiger partial charge on any atom is 0.307 e. The standard InChI is InChI=1S/C12H10O2.C8H7N/c13-12(14)8-10-6-3-5-9-4-1-2-7-11(9)10;1-2-4-8-7(3-1)5-6-9-8/h1-7H,8H2,(H,13,14);1-6,9H. The third-order valence-corrected chi connectivity index (χ3v) is 3.68. The molecule has 0 saturated carbocycles. The van der Waals surface area contributed by atoms with Crippen molar-refractivity contribution in [2.75, 3.05) is 0 Å². The monoisotopic (exact) mass is 303 g/mol. The number of fused-ring (bicyclic) bond motifs is 2. The minimum absolute atomic E-state index is 0.0847. The Labute approximate surface area is 134 Å². The van der Waals surface area contributed by atoms with Gasteiger partial charge in [0.05, 0.1) is 6.42 Å². The van der Waals surface area contributed by atoms with Crippen LogP contribution in [0.15, 0.2) is 79.0 Å². The first-order chi connectivity index (χ1) is 11.2. The van der Waals surface area contributed by atoms with Crippen LogP contribution in [0.5, 0.6) is 0 Å². The molecule has 3 heteroatoms. The number of benzene rings is 3. The molecule has 0 atom stereocenters. The second kappa shape index (κ2) is 6.79. The zero-order chi connectivity index (χ0) is 16.1. The van der Waals surface area contributed by atoms with Crippen molar-refractivity contribution in [2.45, 2.75) is 6.42 Å². The first kappa shape index (κ1) is 14.9. The fraction of sp³-hybridized carbons (Fsp3) is 0.0500. The number of nitrogens with one attached hydrogen (secondary N) is 1. The number of rotatable bonds is 2. The Hall–Kier alpha value is -3.07. The van der Waals surface area contributed by atoms with Gasteiger partial charge in [-0.3, -0.25) is 4.79 Å². The largest absolute Gasteiger partial charge is 0.481 e. The van der Waals surface area contributed by atoms with E-state index in [4.69, 9.17) is 5.11 Å². The van der Waals surface area contributed by atoms with Crippen molar-refractivity contribution in [2.24, 2.45) is 0 Å². The molecule has 0 saturated heterocycles. The van der Waals surface area contributed by atoms with Gasteiger partial charge in [0.15, 0.2) is 0 Å². The predicted molar refractivity (Wildman–Crippen MR) is 93.6 cm³/mol. The van der Waals surface area contributed by atoms with Crippen LogP contribution in [0.25, 0.3) is 21.7 Å². The van der Waals surface area contributed by atoms with Gasteiger partial charge in [-0.15, -0.1) is 0 Å². The minimum Gasteiger partial charge on any atom is -0.481 e. The quantitative estimate of drug-likeness (QED) is 0.567. The van der Waals surface area contributed by atoms with Crippen LogP contribution in [-0.2, 0) is 11.2 Å². The Morgan fingerprint density at radius 1 is 0.826 bits per heavy atom. The molecule has 4 aromatic rings. The Bertz CT molecular complexity index is 905. The number of carbonyl (C=O) groups is 1. The Kier molecular flexibility index (Phi) is 4.39. The van der Waals surface area contributed by atoms with Crippen LogP contribution >= 0.6 is 0 Å². The van der Waals surface area contributed by atoms with Crippen molar-refractivity contribution < 1.29 is 9.90 Å². The highest BCUT2D eigenvalue weighted by molar-refractivity contribution is 5.88. The van der Waals surface area contributed by atoms with E-state index in [0.717, 1.165) is 16.3 Å². The molecule has 0 fully saturated rings. The lowest BCUT2D eigenvalue weighted by Gasteiger charge is -2.02. The van der Waals surface area contributed by atoms with Gasteiger partial charge in [-0.2, -0.15) is 0 Å². The van der Waals surface area contributed by atoms with Crippen LogP contribution in [0.3, 0.4) is 0 Å². The van der Waals surface area contributed by atoms with Crippen molar-refractivity contribution in [3.63, 3.8) is 0 Å². The summed E-state index contributed by atoms with van der Waals surface area (Å²) in [5.41, 5.74) is 2.08. The van der Waals surface area contributed by atoms with Gasteiger partial charge < -0.3 is 10.1 Å². The maximum absolute atomic E-state index is 10.6. The lowest BCUT2D eigenvalue weighted by atomic mass is 10.0. The molecule has 114 valence electrons. The number of aromatic amines is 1. The van der Waals surface area contributed by atoms with E-state index in [1.807, 2.05) is 60.8 Å². The van der Waals surface area contributed by atoms with Crippen molar-refractivity contribution in [3.8, 4) is 0 Å². The molecule has 0 aliphatic rings. The Morgan fingerprint density at radius 3 is 2.30 bits per heavy atom. The molecule has 0 aliphatic carbocycles. The third kappa shape index (κ3) is 3.58. The highest BCUT2D eigenvalue weighted by atomic mass is 16.4. The second-order valence-corrected chi connectivity index (χ2v) is 5.27. The molecule has 0 amide bonds. The molecule has 2 N–H and O–H groups in total. The summed E-state index contributed by atoms with van der Waals surface area (Å²) in [5.74, 6) is -0.790. The maximum atomic E-state index is 10.6. The molecule has 0 unspecified atom stereocenters. The smallest absolute Gasteiger partial charge is 0.307 e. The molecule has 0 spiro atoms. The van der Waals surface area contributed by atoms with Crippen LogP contribution < -0.4 is 0 Å². The van der Waals surface area contributed by atoms with Crippen LogP contribution in [-0.4, -0.2) is 16.1 Å². The highest BCUT2D eigenvalue weighted by Gasteiger charge is 2.03. The molecule has 23 heavy (non-hydrogen) atoms. The Balaban J connectivity index is 0.000000149. The van der Waals surface area contributed by atoms with Crippen LogP contribution in [0.4, 0.5) is 0 Å². The number of aromatic nitrogens is 1. The van der Waals surface area contributed by atoms with Crippen LogP contribution in [0, 0.1) is 0 Å². The van der Waals surface area contributed by atoms with E-state index in [9.17, 15) is 4.79 Å². The summed E-state index contributed by atoms with van der Waals surface area (Å²) in [5, 5.41) is 12.1. The summed E-state index contributed by atoms with van der Waals surface area (Å²) >= 11 is 0. The van der Waals surface area contributed by atoms with Gasteiger partial charge in [0.1, 0.15) is 0 Å². The van der Waals surface area contributed by atoms with E-state index in [-0.39, 0.29) is 6.42 Å². The lowest BCUT2D eigenvalue weighted by molar-refractivity contribution is -0.136. The number of aliphatic carboxylic acids is 1. The topological polar surface area (TPSA) is 53.1 Å². The SMILES string of the molecule is O=C(O)Cc1cccc2ccccc12.c1ccc2[nH]ccc2c1. The van der Waals surface area contributed by atoms with E-state index in [0.29, 0.717) is 0 Å². The highest BCUT2D eigenvalue weighted by Crippen LogP contribution is 2.18. The summed E-state index contributed by atoms with van der Waals surface area (Å²) in [7, 11) is 0. The van der Waals surface area contributed by atoms with Gasteiger partial charge in [-0.05, 0) is 33.9 Å². The molecular formula is C20H17NO2. The van der Waals surface area contributed by atoms with Crippen molar-refractivity contribution >= 4 is 27.6 Å². The van der Waals surface area contributed by atoms with Crippen LogP contribution in [0.1, 0.15) is 5.56 Å². The number of hydrogen-bond donors (Lipinski definition) is 2. The van der Waals surface area contributed by atoms with Crippen LogP contribution in [0.2, 0.25) is 0 Å². The van der Waals surface area contributed by atoms with Gasteiger partial charge in [0.25, 0.3) is 0 Å². The molecule has 1 aromatic heterocycles. The predicted octanol–water partition coefficient (Wildman–Crippen LogP) is 4.63. The summed E-state index contributed by atoms with van der Waals surface area (Å²) in [6.07, 6.45) is 2.03. The van der Waals surface area contributed by atoms with E-state index < -0.39 is 5.97 Å². The Morgan fingerprint density at radius 2 is 1.52 bits per heavy atom. The van der Waals surface area contributed by atoms with Gasteiger partial charge in [0.2, 0.25) is 0 Å². The lowest BCUT2D eigenvalue weighted by Crippen LogP contribution is -2.00. The number of carboxylic acid groups (broad SMARTS) is 1. The number of carboxylic acids is 1. The molecule has 4 rings (SSSR count). The van der Waals surface area contributed by atoms with Gasteiger partial charge in [0, 0.05) is 11.7 Å². The van der Waals surface area contributed by atoms with E-state index in [1.54, 1.807) is 0 Å². The normalized spacial score (nSPS) is 10.3. The van der Waals surface area contributed by atoms with Gasteiger partial charge >= 0.3 is 5.97 Å². The first-order valence-corrected chi connectivity index (χ1v) is 7.44. The zero-order valence-electron chi connectivity index (χ0n) is 12.6. The third-order valence-electron chi connectivity index (χ3n) is 3.68. The molecule has 0 aliphatic heterocycles.